The molecule has 2 atom stereocenters. The molecule has 8 heteroatoms. The minimum Gasteiger partial charge on any atom is -0.467 e. The molecule has 1 fully saturated rings. The second kappa shape index (κ2) is 5.32. The molecule has 2 unspecified atom stereocenters. The number of hydrogen-bond donors (Lipinski definition) is 3. The Morgan fingerprint density at radius 3 is 2.83 bits per heavy atom. The Morgan fingerprint density at radius 2 is 2.28 bits per heavy atom. The second-order valence-corrected chi connectivity index (χ2v) is 4.33. The van der Waals surface area contributed by atoms with Gasteiger partial charge in [0.25, 0.3) is 0 Å². The Morgan fingerprint density at radius 1 is 1.50 bits per heavy atom. The van der Waals surface area contributed by atoms with Crippen LogP contribution in [0.5, 0.6) is 6.01 Å². The number of hydrogen-bond acceptors (Lipinski definition) is 8. The summed E-state index contributed by atoms with van der Waals surface area (Å²) in [5.74, 6) is 6.31. The van der Waals surface area contributed by atoms with Gasteiger partial charge >= 0.3 is 6.01 Å². The molecule has 100 valence electrons. The maximum absolute atomic E-state index is 9.58. The Kier molecular flexibility index (Phi) is 3.78. The predicted octanol–water partition coefficient (Wildman–Crippen LogP) is -0.627. The fraction of sp³-hybridized carbons (Fsp3) is 0.700. The SMILES string of the molecule is COc1nc(NN)nc(N2CCC(C(C)O)C2)n1. The van der Waals surface area contributed by atoms with E-state index in [2.05, 4.69) is 20.4 Å². The topological polar surface area (TPSA) is 109 Å². The maximum Gasteiger partial charge on any atom is 0.322 e. The van der Waals surface area contributed by atoms with Gasteiger partial charge in [-0.2, -0.15) is 15.0 Å². The summed E-state index contributed by atoms with van der Waals surface area (Å²) in [6.45, 7) is 3.32. The minimum absolute atomic E-state index is 0.216. The molecule has 0 spiro atoms. The number of ether oxygens (including phenoxy) is 1. The van der Waals surface area contributed by atoms with Crippen LogP contribution in [0.4, 0.5) is 11.9 Å². The standard InChI is InChI=1S/C10H18N6O2/c1-6(17)7-3-4-16(5-7)9-12-8(15-11)13-10(14-9)18-2/h6-7,17H,3-5,11H2,1-2H3,(H,12,13,14,15). The number of nitrogen functional groups attached to an aromatic ring is 1. The molecule has 0 amide bonds. The van der Waals surface area contributed by atoms with Crippen molar-refractivity contribution in [2.75, 3.05) is 30.5 Å². The average molecular weight is 254 g/mol. The lowest BCUT2D eigenvalue weighted by Crippen LogP contribution is -2.26. The number of anilines is 2. The molecule has 1 aromatic rings. The number of methoxy groups -OCH3 is 1. The molecule has 1 aliphatic rings. The zero-order valence-corrected chi connectivity index (χ0v) is 10.5. The van der Waals surface area contributed by atoms with Crippen LogP contribution in [0, 0.1) is 5.92 Å². The molecule has 1 aliphatic heterocycles. The van der Waals surface area contributed by atoms with Crippen molar-refractivity contribution in [2.24, 2.45) is 11.8 Å². The summed E-state index contributed by atoms with van der Waals surface area (Å²) >= 11 is 0. The molecule has 2 heterocycles. The summed E-state index contributed by atoms with van der Waals surface area (Å²) in [6.07, 6.45) is 0.586. The van der Waals surface area contributed by atoms with Crippen molar-refractivity contribution in [1.82, 2.24) is 15.0 Å². The quantitative estimate of drug-likeness (QED) is 0.481. The maximum atomic E-state index is 9.58. The monoisotopic (exact) mass is 254 g/mol. The summed E-state index contributed by atoms with van der Waals surface area (Å²) < 4.78 is 5.00. The number of aliphatic hydroxyl groups excluding tert-OH is 1. The molecule has 0 radical (unpaired) electrons. The molecule has 4 N–H and O–H groups in total. The zero-order valence-electron chi connectivity index (χ0n) is 10.5. The van der Waals surface area contributed by atoms with Crippen LogP contribution in [-0.2, 0) is 0 Å². The third-order valence-electron chi connectivity index (χ3n) is 3.10. The Labute approximate surface area is 105 Å². The third-order valence-corrected chi connectivity index (χ3v) is 3.10. The van der Waals surface area contributed by atoms with Crippen LogP contribution in [0.15, 0.2) is 0 Å². The van der Waals surface area contributed by atoms with Crippen LogP contribution in [-0.4, -0.2) is 46.4 Å². The first-order valence-corrected chi connectivity index (χ1v) is 5.83. The number of nitrogens with zero attached hydrogens (tertiary/aromatic N) is 4. The molecular formula is C10H18N6O2. The minimum atomic E-state index is -0.328. The molecule has 0 bridgehead atoms. The Bertz CT molecular complexity index is 391. The second-order valence-electron chi connectivity index (χ2n) is 4.33. The van der Waals surface area contributed by atoms with Crippen LogP contribution in [0.25, 0.3) is 0 Å². The predicted molar refractivity (Wildman–Crippen MR) is 66.2 cm³/mol. The molecule has 1 saturated heterocycles. The van der Waals surface area contributed by atoms with Gasteiger partial charge in [0.15, 0.2) is 0 Å². The van der Waals surface area contributed by atoms with E-state index in [0.29, 0.717) is 5.95 Å². The summed E-state index contributed by atoms with van der Waals surface area (Å²) in [5.41, 5.74) is 2.38. The van der Waals surface area contributed by atoms with Crippen LogP contribution in [0.2, 0.25) is 0 Å². The van der Waals surface area contributed by atoms with E-state index in [1.54, 1.807) is 6.92 Å². The van der Waals surface area contributed by atoms with Crippen molar-refractivity contribution in [3.05, 3.63) is 0 Å². The van der Waals surface area contributed by atoms with E-state index in [9.17, 15) is 5.11 Å². The van der Waals surface area contributed by atoms with Crippen LogP contribution in [0.1, 0.15) is 13.3 Å². The normalized spacial score (nSPS) is 20.9. The van der Waals surface area contributed by atoms with Gasteiger partial charge in [-0.15, -0.1) is 0 Å². The van der Waals surface area contributed by atoms with E-state index in [4.69, 9.17) is 10.6 Å². The van der Waals surface area contributed by atoms with Crippen LogP contribution in [0.3, 0.4) is 0 Å². The Hall–Kier alpha value is -1.67. The van der Waals surface area contributed by atoms with E-state index in [1.165, 1.54) is 7.11 Å². The summed E-state index contributed by atoms with van der Waals surface area (Å²) in [7, 11) is 1.49. The highest BCUT2D eigenvalue weighted by molar-refractivity contribution is 5.38. The number of aromatic nitrogens is 3. The molecule has 1 aromatic heterocycles. The van der Waals surface area contributed by atoms with Crippen LogP contribution < -0.4 is 20.9 Å². The fourth-order valence-electron chi connectivity index (χ4n) is 2.01. The van der Waals surface area contributed by atoms with Crippen molar-refractivity contribution in [2.45, 2.75) is 19.4 Å². The number of hydrazine groups is 1. The molecule has 0 aromatic carbocycles. The first kappa shape index (κ1) is 12.8. The third kappa shape index (κ3) is 2.59. The zero-order chi connectivity index (χ0) is 13.1. The van der Waals surface area contributed by atoms with Gasteiger partial charge in [-0.3, -0.25) is 5.43 Å². The van der Waals surface area contributed by atoms with Gasteiger partial charge < -0.3 is 14.7 Å². The van der Waals surface area contributed by atoms with Gasteiger partial charge in [0.2, 0.25) is 11.9 Å². The van der Waals surface area contributed by atoms with Gasteiger partial charge in [-0.25, -0.2) is 5.84 Å². The van der Waals surface area contributed by atoms with E-state index in [-0.39, 0.29) is 24.0 Å². The lowest BCUT2D eigenvalue weighted by molar-refractivity contribution is 0.136. The Balaban J connectivity index is 2.18. The average Bonchev–Trinajstić information content (AvgIpc) is 2.87. The number of aliphatic hydroxyl groups is 1. The van der Waals surface area contributed by atoms with Crippen LogP contribution >= 0.6 is 0 Å². The molecule has 2 rings (SSSR count). The molecule has 18 heavy (non-hydrogen) atoms. The highest BCUT2D eigenvalue weighted by Gasteiger charge is 2.28. The van der Waals surface area contributed by atoms with Crippen molar-refractivity contribution in [3.8, 4) is 6.01 Å². The highest BCUT2D eigenvalue weighted by Crippen LogP contribution is 2.24. The smallest absolute Gasteiger partial charge is 0.322 e. The fourth-order valence-corrected chi connectivity index (χ4v) is 2.01. The number of rotatable bonds is 4. The number of nitrogens with two attached hydrogens (primary N) is 1. The lowest BCUT2D eigenvalue weighted by Gasteiger charge is -2.18. The van der Waals surface area contributed by atoms with Crippen molar-refractivity contribution in [3.63, 3.8) is 0 Å². The first-order valence-electron chi connectivity index (χ1n) is 5.83. The summed E-state index contributed by atoms with van der Waals surface area (Å²) in [4.78, 5) is 14.3. The van der Waals surface area contributed by atoms with E-state index < -0.39 is 0 Å². The largest absolute Gasteiger partial charge is 0.467 e. The highest BCUT2D eigenvalue weighted by atomic mass is 16.5. The summed E-state index contributed by atoms with van der Waals surface area (Å²) in [5, 5.41) is 9.58. The van der Waals surface area contributed by atoms with Crippen molar-refractivity contribution < 1.29 is 9.84 Å². The van der Waals surface area contributed by atoms with Gasteiger partial charge in [0.1, 0.15) is 0 Å². The first-order chi connectivity index (χ1) is 8.63. The van der Waals surface area contributed by atoms with Gasteiger partial charge in [0.05, 0.1) is 13.2 Å². The number of nitrogens with one attached hydrogen (secondary N) is 1. The lowest BCUT2D eigenvalue weighted by atomic mass is 10.0. The van der Waals surface area contributed by atoms with E-state index in [0.717, 1.165) is 19.5 Å². The van der Waals surface area contributed by atoms with E-state index in [1.807, 2.05) is 4.90 Å². The molecule has 8 nitrogen and oxygen atoms in total. The van der Waals surface area contributed by atoms with Gasteiger partial charge in [-0.05, 0) is 13.3 Å². The molecule has 0 aliphatic carbocycles. The molecule has 0 saturated carbocycles. The van der Waals surface area contributed by atoms with Gasteiger partial charge in [0, 0.05) is 19.0 Å². The van der Waals surface area contributed by atoms with Gasteiger partial charge in [-0.1, -0.05) is 0 Å². The van der Waals surface area contributed by atoms with Crippen molar-refractivity contribution >= 4 is 11.9 Å². The summed E-state index contributed by atoms with van der Waals surface area (Å²) in [6, 6.07) is 0.216. The van der Waals surface area contributed by atoms with E-state index >= 15 is 0 Å². The molecular weight excluding hydrogens is 236 g/mol. The van der Waals surface area contributed by atoms with Crippen molar-refractivity contribution in [1.29, 1.82) is 0 Å².